The number of aryl methyl sites for hydroxylation is 1. The fraction of sp³-hybridized carbons (Fsp3) is 0.588. The quantitative estimate of drug-likeness (QED) is 0.877. The summed E-state index contributed by atoms with van der Waals surface area (Å²) in [5, 5.41) is 0. The van der Waals surface area contributed by atoms with Crippen LogP contribution in [0.4, 0.5) is 0 Å². The van der Waals surface area contributed by atoms with E-state index in [0.29, 0.717) is 12.6 Å². The van der Waals surface area contributed by atoms with Gasteiger partial charge in [-0.3, -0.25) is 4.79 Å². The Bertz CT molecular complexity index is 454. The lowest BCUT2D eigenvalue weighted by Crippen LogP contribution is -2.42. The highest BCUT2D eigenvalue weighted by Crippen LogP contribution is 2.30. The van der Waals surface area contributed by atoms with Crippen LogP contribution in [0, 0.1) is 5.92 Å². The lowest BCUT2D eigenvalue weighted by molar-refractivity contribution is -0.136. The molecule has 2 unspecified atom stereocenters. The molecular formula is C17H27ClN2O. The topological polar surface area (TPSA) is 46.3 Å². The summed E-state index contributed by atoms with van der Waals surface area (Å²) in [4.78, 5) is 14.6. The molecule has 2 atom stereocenters. The maximum atomic E-state index is 12.5. The molecule has 0 radical (unpaired) electrons. The van der Waals surface area contributed by atoms with Crippen LogP contribution in [0.3, 0.4) is 0 Å². The van der Waals surface area contributed by atoms with E-state index in [-0.39, 0.29) is 30.3 Å². The van der Waals surface area contributed by atoms with Gasteiger partial charge in [-0.2, -0.15) is 0 Å². The van der Waals surface area contributed by atoms with Crippen molar-refractivity contribution < 1.29 is 4.79 Å². The molecule has 0 saturated heterocycles. The first-order chi connectivity index (χ1) is 9.52. The number of amides is 1. The third-order valence-electron chi connectivity index (χ3n) is 4.23. The summed E-state index contributed by atoms with van der Waals surface area (Å²) in [7, 11) is 0. The standard InChI is InChI=1S/C17H26N2O.ClH/c1-4-14-5-7-15(8-6-14)11-19(16-9-10-16)17(20)12(2)13(3)18;/h5-8,12-13,16H,4,9-11,18H2,1-3H3;1H. The van der Waals surface area contributed by atoms with E-state index in [0.717, 1.165) is 19.3 Å². The van der Waals surface area contributed by atoms with Crippen LogP contribution in [0.15, 0.2) is 24.3 Å². The van der Waals surface area contributed by atoms with Crippen molar-refractivity contribution in [2.45, 2.75) is 58.7 Å². The Hall–Kier alpha value is -1.06. The van der Waals surface area contributed by atoms with Gasteiger partial charge in [0.25, 0.3) is 0 Å². The van der Waals surface area contributed by atoms with Crippen LogP contribution in [0.2, 0.25) is 0 Å². The number of nitrogens with two attached hydrogens (primary N) is 1. The van der Waals surface area contributed by atoms with Crippen LogP contribution in [0.1, 0.15) is 44.7 Å². The third-order valence-corrected chi connectivity index (χ3v) is 4.23. The number of carbonyl (C=O) groups excluding carboxylic acids is 1. The number of carbonyl (C=O) groups is 1. The molecule has 1 aliphatic carbocycles. The molecule has 2 N–H and O–H groups in total. The Labute approximate surface area is 134 Å². The largest absolute Gasteiger partial charge is 0.335 e. The van der Waals surface area contributed by atoms with E-state index in [1.807, 2.05) is 18.7 Å². The van der Waals surface area contributed by atoms with Gasteiger partial charge in [-0.05, 0) is 37.3 Å². The van der Waals surface area contributed by atoms with Crippen molar-refractivity contribution in [3.05, 3.63) is 35.4 Å². The molecule has 0 aromatic heterocycles. The SMILES string of the molecule is CCc1ccc(CN(C(=O)C(C)C(C)N)C2CC2)cc1.Cl. The molecule has 0 aliphatic heterocycles. The first-order valence-corrected chi connectivity index (χ1v) is 7.66. The zero-order valence-electron chi connectivity index (χ0n) is 13.2. The molecule has 0 bridgehead atoms. The predicted octanol–water partition coefficient (Wildman–Crippen LogP) is 3.15. The number of nitrogens with zero attached hydrogens (tertiary/aromatic N) is 1. The summed E-state index contributed by atoms with van der Waals surface area (Å²) in [5.74, 6) is 0.0904. The fourth-order valence-electron chi connectivity index (χ4n) is 2.34. The lowest BCUT2D eigenvalue weighted by Gasteiger charge is -2.27. The van der Waals surface area contributed by atoms with Crippen LogP contribution < -0.4 is 5.73 Å². The van der Waals surface area contributed by atoms with Crippen molar-refractivity contribution >= 4 is 18.3 Å². The van der Waals surface area contributed by atoms with E-state index in [2.05, 4.69) is 31.2 Å². The van der Waals surface area contributed by atoms with Gasteiger partial charge in [-0.15, -0.1) is 12.4 Å². The van der Waals surface area contributed by atoms with Gasteiger partial charge < -0.3 is 10.6 Å². The molecular weight excluding hydrogens is 284 g/mol. The van der Waals surface area contributed by atoms with Crippen molar-refractivity contribution in [1.82, 2.24) is 4.90 Å². The Morgan fingerprint density at radius 2 is 1.76 bits per heavy atom. The zero-order valence-corrected chi connectivity index (χ0v) is 14.0. The van der Waals surface area contributed by atoms with Crippen LogP contribution in [-0.2, 0) is 17.8 Å². The number of halogens is 1. The van der Waals surface area contributed by atoms with E-state index in [1.54, 1.807) is 0 Å². The molecule has 21 heavy (non-hydrogen) atoms. The number of benzene rings is 1. The molecule has 1 aromatic carbocycles. The molecule has 4 heteroatoms. The van der Waals surface area contributed by atoms with Gasteiger partial charge in [0, 0.05) is 18.6 Å². The second-order valence-corrected chi connectivity index (χ2v) is 6.02. The normalized spacial score (nSPS) is 16.8. The summed E-state index contributed by atoms with van der Waals surface area (Å²) in [5.41, 5.74) is 8.42. The summed E-state index contributed by atoms with van der Waals surface area (Å²) < 4.78 is 0. The van der Waals surface area contributed by atoms with Crippen LogP contribution in [0.5, 0.6) is 0 Å². The van der Waals surface area contributed by atoms with Crippen LogP contribution in [0.25, 0.3) is 0 Å². The highest BCUT2D eigenvalue weighted by atomic mass is 35.5. The molecule has 1 aromatic rings. The van der Waals surface area contributed by atoms with Crippen molar-refractivity contribution in [3.63, 3.8) is 0 Å². The maximum absolute atomic E-state index is 12.5. The molecule has 1 amide bonds. The van der Waals surface area contributed by atoms with Crippen LogP contribution >= 0.6 is 12.4 Å². The van der Waals surface area contributed by atoms with E-state index in [4.69, 9.17) is 5.73 Å². The Morgan fingerprint density at radius 1 is 1.24 bits per heavy atom. The first-order valence-electron chi connectivity index (χ1n) is 7.66. The third kappa shape index (κ3) is 4.72. The van der Waals surface area contributed by atoms with Gasteiger partial charge in [-0.25, -0.2) is 0 Å². The average molecular weight is 311 g/mol. The molecule has 0 spiro atoms. The molecule has 2 rings (SSSR count). The molecule has 0 heterocycles. The smallest absolute Gasteiger partial charge is 0.227 e. The van der Waals surface area contributed by atoms with Crippen LogP contribution in [-0.4, -0.2) is 22.9 Å². The van der Waals surface area contributed by atoms with Gasteiger partial charge in [0.1, 0.15) is 0 Å². The average Bonchev–Trinajstić information content (AvgIpc) is 3.28. The van der Waals surface area contributed by atoms with Crippen molar-refractivity contribution in [2.75, 3.05) is 0 Å². The highest BCUT2D eigenvalue weighted by Gasteiger charge is 2.35. The summed E-state index contributed by atoms with van der Waals surface area (Å²) in [6.45, 7) is 6.70. The summed E-state index contributed by atoms with van der Waals surface area (Å²) in [6, 6.07) is 8.91. The Balaban J connectivity index is 0.00000220. The lowest BCUT2D eigenvalue weighted by atomic mass is 10.0. The van der Waals surface area contributed by atoms with Gasteiger partial charge in [0.05, 0.1) is 5.92 Å². The van der Waals surface area contributed by atoms with Crippen molar-refractivity contribution in [3.8, 4) is 0 Å². The van der Waals surface area contributed by atoms with Crippen molar-refractivity contribution in [1.29, 1.82) is 0 Å². The molecule has 1 fully saturated rings. The monoisotopic (exact) mass is 310 g/mol. The summed E-state index contributed by atoms with van der Waals surface area (Å²) >= 11 is 0. The fourth-order valence-corrected chi connectivity index (χ4v) is 2.34. The number of hydrogen-bond donors (Lipinski definition) is 1. The molecule has 118 valence electrons. The summed E-state index contributed by atoms with van der Waals surface area (Å²) in [6.07, 6.45) is 3.31. The van der Waals surface area contributed by atoms with Gasteiger partial charge in [-0.1, -0.05) is 38.1 Å². The Morgan fingerprint density at radius 3 is 2.19 bits per heavy atom. The minimum atomic E-state index is -0.106. The predicted molar refractivity (Wildman–Crippen MR) is 89.5 cm³/mol. The number of rotatable bonds is 6. The van der Waals surface area contributed by atoms with Crippen molar-refractivity contribution in [2.24, 2.45) is 11.7 Å². The van der Waals surface area contributed by atoms with E-state index in [1.165, 1.54) is 11.1 Å². The van der Waals surface area contributed by atoms with Gasteiger partial charge >= 0.3 is 0 Å². The molecule has 1 aliphatic rings. The molecule has 1 saturated carbocycles. The van der Waals surface area contributed by atoms with Gasteiger partial charge in [0.15, 0.2) is 0 Å². The van der Waals surface area contributed by atoms with E-state index < -0.39 is 0 Å². The second-order valence-electron chi connectivity index (χ2n) is 6.02. The minimum absolute atomic E-state index is 0. The Kier molecular flexibility index (Phi) is 6.69. The first kappa shape index (κ1) is 18.0. The highest BCUT2D eigenvalue weighted by molar-refractivity contribution is 5.85. The minimum Gasteiger partial charge on any atom is -0.335 e. The number of hydrogen-bond acceptors (Lipinski definition) is 2. The zero-order chi connectivity index (χ0) is 14.7. The van der Waals surface area contributed by atoms with Gasteiger partial charge in [0.2, 0.25) is 5.91 Å². The molecule has 3 nitrogen and oxygen atoms in total. The van der Waals surface area contributed by atoms with E-state index >= 15 is 0 Å². The van der Waals surface area contributed by atoms with E-state index in [9.17, 15) is 4.79 Å². The second kappa shape index (κ2) is 7.81. The maximum Gasteiger partial charge on any atom is 0.227 e.